The van der Waals surface area contributed by atoms with Crippen molar-refractivity contribution in [2.24, 2.45) is 23.7 Å². The Kier molecular flexibility index (Phi) is 1.69. The van der Waals surface area contributed by atoms with E-state index >= 15 is 0 Å². The maximum Gasteiger partial charge on any atom is 0.276 e. The zero-order chi connectivity index (χ0) is 11.6. The summed E-state index contributed by atoms with van der Waals surface area (Å²) in [4.78, 5) is 18.0. The van der Waals surface area contributed by atoms with Crippen LogP contribution in [0.3, 0.4) is 0 Å². The number of aromatic nitrogens is 2. The quantitative estimate of drug-likeness (QED) is 0.704. The van der Waals surface area contributed by atoms with Gasteiger partial charge in [-0.15, -0.1) is 0 Å². The molecule has 4 rings (SSSR count). The van der Waals surface area contributed by atoms with Crippen LogP contribution in [0.1, 0.15) is 19.3 Å². The number of nitrogens with one attached hydrogen (secondary N) is 2. The molecule has 3 aliphatic rings. The Morgan fingerprint density at radius 2 is 2.06 bits per heavy atom. The van der Waals surface area contributed by atoms with Gasteiger partial charge in [0.05, 0.1) is 6.33 Å². The third kappa shape index (κ3) is 1.19. The lowest BCUT2D eigenvalue weighted by Crippen LogP contribution is -2.20. The van der Waals surface area contributed by atoms with Gasteiger partial charge in [0, 0.05) is 6.04 Å². The summed E-state index contributed by atoms with van der Waals surface area (Å²) in [5.74, 6) is 4.01. The van der Waals surface area contributed by atoms with Crippen LogP contribution in [0, 0.1) is 23.7 Å². The van der Waals surface area contributed by atoms with Crippen molar-refractivity contribution in [1.82, 2.24) is 9.97 Å². The summed E-state index contributed by atoms with van der Waals surface area (Å²) in [6.07, 6.45) is 5.62. The first-order chi connectivity index (χ1) is 8.25. The minimum Gasteiger partial charge on any atom is -0.391 e. The molecular weight excluding hydrogens is 216 g/mol. The van der Waals surface area contributed by atoms with E-state index in [9.17, 15) is 4.79 Å². The number of fused-ring (bicyclic) bond motifs is 5. The fourth-order valence-electron chi connectivity index (χ4n) is 4.20. The smallest absolute Gasteiger partial charge is 0.276 e. The summed E-state index contributed by atoms with van der Waals surface area (Å²) >= 11 is 0. The van der Waals surface area contributed by atoms with E-state index in [0.717, 1.165) is 23.7 Å². The van der Waals surface area contributed by atoms with Gasteiger partial charge in [-0.2, -0.15) is 0 Å². The Balaban J connectivity index is 1.56. The van der Waals surface area contributed by atoms with E-state index < -0.39 is 0 Å². The minimum atomic E-state index is -0.253. The monoisotopic (exact) mass is 232 g/mol. The third-order valence-electron chi connectivity index (χ3n) is 4.93. The molecule has 4 N–H and O–H groups in total. The van der Waals surface area contributed by atoms with Crippen LogP contribution in [-0.2, 0) is 0 Å². The van der Waals surface area contributed by atoms with Crippen molar-refractivity contribution < 1.29 is 0 Å². The molecule has 0 aliphatic heterocycles. The molecule has 1 heterocycles. The normalized spacial score (nSPS) is 41.3. The molecule has 0 saturated heterocycles. The first-order valence-corrected chi connectivity index (χ1v) is 6.35. The van der Waals surface area contributed by atoms with E-state index in [0.29, 0.717) is 11.9 Å². The molecule has 90 valence electrons. The highest BCUT2D eigenvalue weighted by atomic mass is 16.1. The number of anilines is 2. The van der Waals surface area contributed by atoms with Crippen LogP contribution >= 0.6 is 0 Å². The summed E-state index contributed by atoms with van der Waals surface area (Å²) in [7, 11) is 0. The van der Waals surface area contributed by atoms with Gasteiger partial charge in [-0.05, 0) is 42.9 Å². The van der Waals surface area contributed by atoms with E-state index in [4.69, 9.17) is 5.73 Å². The van der Waals surface area contributed by atoms with Gasteiger partial charge in [0.25, 0.3) is 5.56 Å². The van der Waals surface area contributed by atoms with Gasteiger partial charge in [0.2, 0.25) is 0 Å². The van der Waals surface area contributed by atoms with E-state index in [1.54, 1.807) is 0 Å². The fraction of sp³-hybridized carbons (Fsp3) is 0.667. The number of nitrogens with zero attached hydrogens (tertiary/aromatic N) is 1. The summed E-state index contributed by atoms with van der Waals surface area (Å²) in [5.41, 5.74) is 5.68. The topological polar surface area (TPSA) is 83.8 Å². The number of hydrogen-bond donors (Lipinski definition) is 3. The molecule has 1 aromatic heterocycles. The lowest BCUT2D eigenvalue weighted by molar-refractivity contribution is 0.456. The van der Waals surface area contributed by atoms with Gasteiger partial charge in [-0.1, -0.05) is 0 Å². The number of hydrogen-bond acceptors (Lipinski definition) is 4. The molecule has 3 fully saturated rings. The predicted molar refractivity (Wildman–Crippen MR) is 64.5 cm³/mol. The van der Waals surface area contributed by atoms with Gasteiger partial charge < -0.3 is 16.0 Å². The number of aromatic amines is 1. The molecule has 3 aliphatic carbocycles. The van der Waals surface area contributed by atoms with Crippen LogP contribution in [-0.4, -0.2) is 16.0 Å². The Hall–Kier alpha value is -1.52. The van der Waals surface area contributed by atoms with Crippen LogP contribution in [0.15, 0.2) is 11.1 Å². The maximum absolute atomic E-state index is 11.4. The average Bonchev–Trinajstić information content (AvgIpc) is 2.72. The molecule has 2 bridgehead atoms. The molecular formula is C12H16N4O. The van der Waals surface area contributed by atoms with Crippen molar-refractivity contribution in [3.8, 4) is 0 Å². The van der Waals surface area contributed by atoms with Crippen LogP contribution < -0.4 is 16.6 Å². The second-order valence-electron chi connectivity index (χ2n) is 5.65. The van der Waals surface area contributed by atoms with E-state index in [1.807, 2.05) is 0 Å². The second-order valence-corrected chi connectivity index (χ2v) is 5.65. The first-order valence-electron chi connectivity index (χ1n) is 6.35. The Bertz CT molecular complexity index is 509. The molecule has 0 amide bonds. The first kappa shape index (κ1) is 9.50. The Morgan fingerprint density at radius 3 is 2.76 bits per heavy atom. The SMILES string of the molecule is Nc1c(NC2C3C4CCC(C4)C23)nc[nH]c1=O. The lowest BCUT2D eigenvalue weighted by atomic mass is 10.0. The van der Waals surface area contributed by atoms with Crippen molar-refractivity contribution in [2.75, 3.05) is 11.1 Å². The van der Waals surface area contributed by atoms with Crippen molar-refractivity contribution in [2.45, 2.75) is 25.3 Å². The summed E-state index contributed by atoms with van der Waals surface area (Å²) in [6, 6.07) is 0.512. The van der Waals surface area contributed by atoms with Crippen LogP contribution in [0.25, 0.3) is 0 Å². The average molecular weight is 232 g/mol. The molecule has 5 heteroatoms. The number of rotatable bonds is 2. The molecule has 0 radical (unpaired) electrons. The highest BCUT2D eigenvalue weighted by Crippen LogP contribution is 2.66. The van der Waals surface area contributed by atoms with Gasteiger partial charge >= 0.3 is 0 Å². The summed E-state index contributed by atoms with van der Waals surface area (Å²) < 4.78 is 0. The second kappa shape index (κ2) is 3.03. The zero-order valence-corrected chi connectivity index (χ0v) is 9.52. The predicted octanol–water partition coefficient (Wildman–Crippen LogP) is 0.808. The molecule has 4 atom stereocenters. The van der Waals surface area contributed by atoms with Gasteiger partial charge in [-0.25, -0.2) is 4.98 Å². The van der Waals surface area contributed by atoms with Crippen LogP contribution in [0.4, 0.5) is 11.5 Å². The third-order valence-corrected chi connectivity index (χ3v) is 4.93. The lowest BCUT2D eigenvalue weighted by Gasteiger charge is -2.11. The fourth-order valence-corrected chi connectivity index (χ4v) is 4.20. The van der Waals surface area contributed by atoms with E-state index in [1.165, 1.54) is 25.6 Å². The molecule has 0 aromatic carbocycles. The molecule has 1 aromatic rings. The molecule has 0 spiro atoms. The van der Waals surface area contributed by atoms with Gasteiger partial charge in [0.15, 0.2) is 5.82 Å². The Labute approximate surface area is 98.8 Å². The number of H-pyrrole nitrogens is 1. The van der Waals surface area contributed by atoms with Gasteiger partial charge in [-0.3, -0.25) is 4.79 Å². The zero-order valence-electron chi connectivity index (χ0n) is 9.52. The summed E-state index contributed by atoms with van der Waals surface area (Å²) in [6.45, 7) is 0. The van der Waals surface area contributed by atoms with Crippen molar-refractivity contribution in [3.05, 3.63) is 16.7 Å². The summed E-state index contributed by atoms with van der Waals surface area (Å²) in [5, 5.41) is 3.37. The van der Waals surface area contributed by atoms with Crippen molar-refractivity contribution in [1.29, 1.82) is 0 Å². The Morgan fingerprint density at radius 1 is 1.35 bits per heavy atom. The van der Waals surface area contributed by atoms with Crippen LogP contribution in [0.2, 0.25) is 0 Å². The van der Waals surface area contributed by atoms with Crippen LogP contribution in [0.5, 0.6) is 0 Å². The van der Waals surface area contributed by atoms with Gasteiger partial charge in [0.1, 0.15) is 5.69 Å². The molecule has 4 unspecified atom stereocenters. The van der Waals surface area contributed by atoms with E-state index in [2.05, 4.69) is 15.3 Å². The largest absolute Gasteiger partial charge is 0.391 e. The van der Waals surface area contributed by atoms with E-state index in [-0.39, 0.29) is 11.2 Å². The standard InChI is InChI=1S/C12H16N4O/c13-9-11(14-4-15-12(9)17)16-10-7-5-1-2-6(3-5)8(7)10/h4-8,10H,1-3,13H2,(H2,14,15,16,17). The minimum absolute atomic E-state index is 0.213. The van der Waals surface area contributed by atoms with Crippen molar-refractivity contribution >= 4 is 11.5 Å². The maximum atomic E-state index is 11.4. The molecule has 5 nitrogen and oxygen atoms in total. The molecule has 17 heavy (non-hydrogen) atoms. The number of nitrogens with two attached hydrogens (primary N) is 1. The highest BCUT2D eigenvalue weighted by molar-refractivity contribution is 5.60. The number of nitrogen functional groups attached to an aromatic ring is 1. The van der Waals surface area contributed by atoms with Crippen molar-refractivity contribution in [3.63, 3.8) is 0 Å². The molecule has 3 saturated carbocycles. The highest BCUT2D eigenvalue weighted by Gasteiger charge is 2.65.